The lowest BCUT2D eigenvalue weighted by Gasteiger charge is -2.14. The van der Waals surface area contributed by atoms with E-state index in [9.17, 15) is 22.8 Å². The molecule has 112 valence electrons. The van der Waals surface area contributed by atoms with Crippen molar-refractivity contribution in [2.24, 2.45) is 0 Å². The molecule has 3 aromatic rings. The van der Waals surface area contributed by atoms with Crippen molar-refractivity contribution < 1.29 is 13.2 Å². The van der Waals surface area contributed by atoms with Crippen molar-refractivity contribution in [3.63, 3.8) is 0 Å². The molecule has 1 aliphatic carbocycles. The van der Waals surface area contributed by atoms with E-state index in [4.69, 9.17) is 0 Å². The average Bonchev–Trinajstić information content (AvgIpc) is 3.31. The van der Waals surface area contributed by atoms with Crippen LogP contribution >= 0.6 is 0 Å². The fourth-order valence-electron chi connectivity index (χ4n) is 2.75. The van der Waals surface area contributed by atoms with Gasteiger partial charge in [0.1, 0.15) is 5.39 Å². The first-order chi connectivity index (χ1) is 10.5. The van der Waals surface area contributed by atoms with Crippen LogP contribution < -0.4 is 11.0 Å². The summed E-state index contributed by atoms with van der Waals surface area (Å²) >= 11 is 0. The van der Waals surface area contributed by atoms with Crippen LogP contribution in [-0.2, 0) is 0 Å². The van der Waals surface area contributed by atoms with Gasteiger partial charge in [0.05, 0.1) is 22.6 Å². The van der Waals surface area contributed by atoms with Gasteiger partial charge in [0, 0.05) is 6.04 Å². The maximum atomic E-state index is 14.2. The van der Waals surface area contributed by atoms with Gasteiger partial charge in [-0.25, -0.2) is 18.3 Å². The van der Waals surface area contributed by atoms with Crippen LogP contribution in [0.5, 0.6) is 0 Å². The van der Waals surface area contributed by atoms with Crippen LogP contribution in [0.3, 0.4) is 0 Å². The Bertz CT molecular complexity index is 1070. The Morgan fingerprint density at radius 1 is 1.18 bits per heavy atom. The standard InChI is InChI=1S/C14H8F3N3O2/c15-7-3-6-12(11(17)10(7)16)20(5-1-2-5)8-4-18-19-14(22)9(8)13(6)21/h3-5H,1-2H2,(H,19,22). The number of H-pyrrole nitrogens is 1. The Morgan fingerprint density at radius 2 is 1.91 bits per heavy atom. The summed E-state index contributed by atoms with van der Waals surface area (Å²) < 4.78 is 42.7. The fraction of sp³-hybridized carbons (Fsp3) is 0.214. The Kier molecular flexibility index (Phi) is 2.48. The van der Waals surface area contributed by atoms with Gasteiger partial charge in [-0.2, -0.15) is 5.10 Å². The van der Waals surface area contributed by atoms with E-state index >= 15 is 0 Å². The summed E-state index contributed by atoms with van der Waals surface area (Å²) in [5.74, 6) is -4.53. The number of nitrogens with one attached hydrogen (secondary N) is 1. The van der Waals surface area contributed by atoms with E-state index in [1.165, 1.54) is 10.8 Å². The summed E-state index contributed by atoms with van der Waals surface area (Å²) in [5.41, 5.74) is -1.80. The van der Waals surface area contributed by atoms with Crippen molar-refractivity contribution in [2.75, 3.05) is 0 Å². The number of benzene rings is 1. The van der Waals surface area contributed by atoms with E-state index in [1.54, 1.807) is 0 Å². The van der Waals surface area contributed by atoms with Gasteiger partial charge in [-0.15, -0.1) is 0 Å². The molecule has 8 heteroatoms. The fourth-order valence-corrected chi connectivity index (χ4v) is 2.75. The second-order valence-electron chi connectivity index (χ2n) is 5.27. The Morgan fingerprint density at radius 3 is 2.59 bits per heavy atom. The zero-order chi connectivity index (χ0) is 15.6. The van der Waals surface area contributed by atoms with E-state index in [0.29, 0.717) is 18.9 Å². The summed E-state index contributed by atoms with van der Waals surface area (Å²) in [5, 5.41) is 5.15. The van der Waals surface area contributed by atoms with Crippen molar-refractivity contribution in [3.8, 4) is 0 Å². The second kappa shape index (κ2) is 4.19. The Hall–Kier alpha value is -2.64. The molecule has 0 aliphatic heterocycles. The van der Waals surface area contributed by atoms with E-state index in [0.717, 1.165) is 0 Å². The lowest BCUT2D eigenvalue weighted by Crippen LogP contribution is -2.22. The van der Waals surface area contributed by atoms with Gasteiger partial charge in [0.2, 0.25) is 5.43 Å². The van der Waals surface area contributed by atoms with Crippen LogP contribution in [0, 0.1) is 17.5 Å². The van der Waals surface area contributed by atoms with Crippen molar-refractivity contribution in [1.29, 1.82) is 0 Å². The molecule has 1 aromatic carbocycles. The Labute approximate surface area is 120 Å². The zero-order valence-electron chi connectivity index (χ0n) is 11.0. The molecule has 1 saturated carbocycles. The number of fused-ring (bicyclic) bond motifs is 2. The van der Waals surface area contributed by atoms with E-state index in [2.05, 4.69) is 10.2 Å². The quantitative estimate of drug-likeness (QED) is 0.552. The minimum atomic E-state index is -1.64. The normalized spacial score (nSPS) is 14.9. The molecule has 22 heavy (non-hydrogen) atoms. The van der Waals surface area contributed by atoms with Gasteiger partial charge in [-0.1, -0.05) is 0 Å². The van der Waals surface area contributed by atoms with Gasteiger partial charge in [0.15, 0.2) is 17.5 Å². The van der Waals surface area contributed by atoms with Gasteiger partial charge in [-0.05, 0) is 18.9 Å². The minimum absolute atomic E-state index is 0.119. The number of hydrogen-bond donors (Lipinski definition) is 1. The third-order valence-electron chi connectivity index (χ3n) is 3.86. The molecular formula is C14H8F3N3O2. The predicted octanol–water partition coefficient (Wildman–Crippen LogP) is 1.99. The van der Waals surface area contributed by atoms with Crippen LogP contribution in [0.4, 0.5) is 13.2 Å². The highest BCUT2D eigenvalue weighted by Crippen LogP contribution is 2.39. The minimum Gasteiger partial charge on any atom is -0.333 e. The highest BCUT2D eigenvalue weighted by Gasteiger charge is 2.30. The number of rotatable bonds is 1. The van der Waals surface area contributed by atoms with Crippen LogP contribution in [0.1, 0.15) is 18.9 Å². The number of pyridine rings is 1. The average molecular weight is 307 g/mol. The number of halogens is 3. The molecule has 0 atom stereocenters. The first-order valence-electron chi connectivity index (χ1n) is 6.59. The maximum absolute atomic E-state index is 14.2. The number of aromatic amines is 1. The molecule has 0 amide bonds. The Balaban J connectivity index is 2.40. The molecule has 5 nitrogen and oxygen atoms in total. The summed E-state index contributed by atoms with van der Waals surface area (Å²) in [4.78, 5) is 24.3. The third-order valence-corrected chi connectivity index (χ3v) is 3.86. The summed E-state index contributed by atoms with van der Waals surface area (Å²) in [6.45, 7) is 0. The van der Waals surface area contributed by atoms with Crippen LogP contribution in [-0.4, -0.2) is 14.8 Å². The van der Waals surface area contributed by atoms with E-state index in [1.807, 2.05) is 0 Å². The van der Waals surface area contributed by atoms with Crippen molar-refractivity contribution >= 4 is 21.8 Å². The molecule has 1 aliphatic rings. The van der Waals surface area contributed by atoms with Crippen LogP contribution in [0.15, 0.2) is 21.9 Å². The molecule has 1 N–H and O–H groups in total. The summed E-state index contributed by atoms with van der Waals surface area (Å²) in [7, 11) is 0. The van der Waals surface area contributed by atoms with E-state index < -0.39 is 28.4 Å². The molecule has 2 heterocycles. The summed E-state index contributed by atoms with van der Waals surface area (Å²) in [6.07, 6.45) is 2.60. The first-order valence-corrected chi connectivity index (χ1v) is 6.59. The molecular weight excluding hydrogens is 299 g/mol. The molecule has 0 spiro atoms. The second-order valence-corrected chi connectivity index (χ2v) is 5.27. The monoisotopic (exact) mass is 307 g/mol. The SMILES string of the molecule is O=c1[nH]ncc2c1c(=O)c1cc(F)c(F)c(F)c1n2C1CC1. The molecule has 0 radical (unpaired) electrons. The topological polar surface area (TPSA) is 67.8 Å². The largest absolute Gasteiger partial charge is 0.333 e. The molecule has 1 fully saturated rings. The highest BCUT2D eigenvalue weighted by molar-refractivity contribution is 5.93. The number of hydrogen-bond acceptors (Lipinski definition) is 3. The number of aromatic nitrogens is 3. The van der Waals surface area contributed by atoms with Crippen LogP contribution in [0.25, 0.3) is 21.8 Å². The smallest absolute Gasteiger partial charge is 0.277 e. The molecule has 0 unspecified atom stereocenters. The van der Waals surface area contributed by atoms with Gasteiger partial charge < -0.3 is 4.57 Å². The van der Waals surface area contributed by atoms with Gasteiger partial charge >= 0.3 is 0 Å². The van der Waals surface area contributed by atoms with Gasteiger partial charge in [0.25, 0.3) is 5.56 Å². The van der Waals surface area contributed by atoms with Crippen LogP contribution in [0.2, 0.25) is 0 Å². The lowest BCUT2D eigenvalue weighted by atomic mass is 10.1. The zero-order valence-corrected chi connectivity index (χ0v) is 11.0. The lowest BCUT2D eigenvalue weighted by molar-refractivity contribution is 0.450. The van der Waals surface area contributed by atoms with Crippen molar-refractivity contribution in [3.05, 3.63) is 50.3 Å². The van der Waals surface area contributed by atoms with Crippen molar-refractivity contribution in [2.45, 2.75) is 18.9 Å². The molecule has 2 aromatic heterocycles. The van der Waals surface area contributed by atoms with Gasteiger partial charge in [-0.3, -0.25) is 9.59 Å². The maximum Gasteiger partial charge on any atom is 0.277 e. The first kappa shape index (κ1) is 13.1. The molecule has 4 rings (SSSR count). The molecule has 0 bridgehead atoms. The highest BCUT2D eigenvalue weighted by atomic mass is 19.2. The predicted molar refractivity (Wildman–Crippen MR) is 72.3 cm³/mol. The molecule has 0 saturated heterocycles. The number of nitrogens with zero attached hydrogens (tertiary/aromatic N) is 2. The third kappa shape index (κ3) is 1.57. The van der Waals surface area contributed by atoms with E-state index in [-0.39, 0.29) is 27.8 Å². The van der Waals surface area contributed by atoms with Crippen molar-refractivity contribution in [1.82, 2.24) is 14.8 Å². The summed E-state index contributed by atoms with van der Waals surface area (Å²) in [6, 6.07) is 0.461.